The van der Waals surface area contributed by atoms with Crippen molar-refractivity contribution in [2.24, 2.45) is 0 Å². The summed E-state index contributed by atoms with van der Waals surface area (Å²) in [5.41, 5.74) is 1.41. The van der Waals surface area contributed by atoms with Crippen LogP contribution in [0.15, 0.2) is 58.1 Å². The van der Waals surface area contributed by atoms with Gasteiger partial charge in [-0.05, 0) is 38.1 Å². The van der Waals surface area contributed by atoms with Crippen LogP contribution in [0.2, 0.25) is 5.02 Å². The minimum atomic E-state index is -0.499. The standard InChI is InChI=1S/C23H21ClN4O3S/c1-3-27-22(30)17-6-4-5-7-18(17)28(23(27)31)13-19(29)25-12-20-26-21(14(2)32-20)15-8-10-16(24)11-9-15/h4-11H,3,12-13H2,1-2H3,(H,25,29). The zero-order valence-electron chi connectivity index (χ0n) is 17.6. The number of carbonyl (C=O) groups is 1. The molecular weight excluding hydrogens is 448 g/mol. The molecule has 0 aliphatic heterocycles. The fourth-order valence-electron chi connectivity index (χ4n) is 3.58. The zero-order chi connectivity index (χ0) is 22.8. The van der Waals surface area contributed by atoms with Gasteiger partial charge in [0, 0.05) is 22.0 Å². The number of thiazole rings is 1. The SMILES string of the molecule is CCn1c(=O)c2ccccc2n(CC(=O)NCc2nc(-c3ccc(Cl)cc3)c(C)s2)c1=O. The van der Waals surface area contributed by atoms with Gasteiger partial charge in [-0.1, -0.05) is 35.9 Å². The van der Waals surface area contributed by atoms with E-state index in [9.17, 15) is 14.4 Å². The quantitative estimate of drug-likeness (QED) is 0.468. The molecule has 32 heavy (non-hydrogen) atoms. The molecule has 0 saturated heterocycles. The molecule has 0 atom stereocenters. The number of hydrogen-bond acceptors (Lipinski definition) is 5. The van der Waals surface area contributed by atoms with Crippen LogP contribution < -0.4 is 16.6 Å². The Bertz CT molecular complexity index is 1420. The van der Waals surface area contributed by atoms with Crippen molar-refractivity contribution in [3.05, 3.63) is 84.3 Å². The maximum Gasteiger partial charge on any atom is 0.331 e. The molecular formula is C23H21ClN4O3S. The van der Waals surface area contributed by atoms with Gasteiger partial charge in [-0.2, -0.15) is 0 Å². The molecule has 0 bridgehead atoms. The Balaban J connectivity index is 1.54. The van der Waals surface area contributed by atoms with E-state index in [1.807, 2.05) is 31.2 Å². The first-order chi connectivity index (χ1) is 15.4. The minimum Gasteiger partial charge on any atom is -0.348 e. The number of halogens is 1. The first kappa shape index (κ1) is 22.0. The number of hydrogen-bond donors (Lipinski definition) is 1. The van der Waals surface area contributed by atoms with E-state index in [0.29, 0.717) is 15.9 Å². The Labute approximate surface area is 192 Å². The molecule has 2 aromatic carbocycles. The Hall–Kier alpha value is -3.23. The first-order valence-corrected chi connectivity index (χ1v) is 11.3. The van der Waals surface area contributed by atoms with Crippen LogP contribution in [0.3, 0.4) is 0 Å². The van der Waals surface area contributed by atoms with Crippen molar-refractivity contribution < 1.29 is 4.79 Å². The summed E-state index contributed by atoms with van der Waals surface area (Å²) in [5, 5.41) is 4.66. The van der Waals surface area contributed by atoms with Gasteiger partial charge in [-0.15, -0.1) is 11.3 Å². The van der Waals surface area contributed by atoms with Crippen LogP contribution in [0, 0.1) is 6.92 Å². The molecule has 7 nitrogen and oxygen atoms in total. The van der Waals surface area contributed by atoms with Crippen LogP contribution in [0.1, 0.15) is 16.8 Å². The predicted molar refractivity (Wildman–Crippen MR) is 127 cm³/mol. The number of nitrogens with zero attached hydrogens (tertiary/aromatic N) is 3. The average Bonchev–Trinajstić information content (AvgIpc) is 3.16. The minimum absolute atomic E-state index is 0.186. The molecule has 0 unspecified atom stereocenters. The predicted octanol–water partition coefficient (Wildman–Crippen LogP) is 3.58. The van der Waals surface area contributed by atoms with E-state index >= 15 is 0 Å². The number of amides is 1. The van der Waals surface area contributed by atoms with Gasteiger partial charge in [0.1, 0.15) is 11.6 Å². The number of nitrogens with one attached hydrogen (secondary N) is 1. The maximum atomic E-state index is 12.8. The summed E-state index contributed by atoms with van der Waals surface area (Å²) in [7, 11) is 0. The molecule has 2 heterocycles. The van der Waals surface area contributed by atoms with E-state index in [0.717, 1.165) is 25.7 Å². The Morgan fingerprint density at radius 3 is 2.53 bits per heavy atom. The van der Waals surface area contributed by atoms with E-state index in [1.165, 1.54) is 15.9 Å². The maximum absolute atomic E-state index is 12.8. The molecule has 4 rings (SSSR count). The fraction of sp³-hybridized carbons (Fsp3) is 0.217. The summed E-state index contributed by atoms with van der Waals surface area (Å²) in [4.78, 5) is 43.7. The van der Waals surface area contributed by atoms with Crippen LogP contribution in [0.25, 0.3) is 22.2 Å². The van der Waals surface area contributed by atoms with Gasteiger partial charge in [0.15, 0.2) is 0 Å². The number of para-hydroxylation sites is 1. The van der Waals surface area contributed by atoms with Crippen molar-refractivity contribution >= 4 is 39.7 Å². The van der Waals surface area contributed by atoms with Crippen molar-refractivity contribution in [2.45, 2.75) is 33.5 Å². The molecule has 0 aliphatic rings. The Kier molecular flexibility index (Phi) is 6.25. The van der Waals surface area contributed by atoms with Crippen LogP contribution in [-0.4, -0.2) is 20.0 Å². The summed E-state index contributed by atoms with van der Waals surface area (Å²) in [5.74, 6) is -0.334. The average molecular weight is 469 g/mol. The first-order valence-electron chi connectivity index (χ1n) is 10.1. The number of rotatable bonds is 6. The highest BCUT2D eigenvalue weighted by molar-refractivity contribution is 7.12. The third-order valence-electron chi connectivity index (χ3n) is 5.15. The topological polar surface area (TPSA) is 86.0 Å². The highest BCUT2D eigenvalue weighted by Crippen LogP contribution is 2.28. The normalized spacial score (nSPS) is 11.1. The molecule has 9 heteroatoms. The van der Waals surface area contributed by atoms with Gasteiger partial charge in [-0.3, -0.25) is 18.7 Å². The molecule has 164 valence electrons. The number of aromatic nitrogens is 3. The molecule has 1 N–H and O–H groups in total. The summed E-state index contributed by atoms with van der Waals surface area (Å²) in [6.45, 7) is 4.00. The fourth-order valence-corrected chi connectivity index (χ4v) is 4.60. The van der Waals surface area contributed by atoms with Crippen molar-refractivity contribution in [3.63, 3.8) is 0 Å². The summed E-state index contributed by atoms with van der Waals surface area (Å²) in [6, 6.07) is 14.3. The van der Waals surface area contributed by atoms with Gasteiger partial charge in [0.05, 0.1) is 23.1 Å². The summed E-state index contributed by atoms with van der Waals surface area (Å²) < 4.78 is 2.47. The van der Waals surface area contributed by atoms with Gasteiger partial charge >= 0.3 is 5.69 Å². The highest BCUT2D eigenvalue weighted by atomic mass is 35.5. The van der Waals surface area contributed by atoms with E-state index in [2.05, 4.69) is 10.3 Å². The van der Waals surface area contributed by atoms with E-state index in [4.69, 9.17) is 11.6 Å². The lowest BCUT2D eigenvalue weighted by Gasteiger charge is -2.13. The molecule has 0 fully saturated rings. The van der Waals surface area contributed by atoms with Crippen LogP contribution in [0.4, 0.5) is 0 Å². The molecule has 1 amide bonds. The second kappa shape index (κ2) is 9.10. The van der Waals surface area contributed by atoms with Gasteiger partial charge in [-0.25, -0.2) is 9.78 Å². The lowest BCUT2D eigenvalue weighted by molar-refractivity contribution is -0.121. The molecule has 0 aliphatic carbocycles. The summed E-state index contributed by atoms with van der Waals surface area (Å²) in [6.07, 6.45) is 0. The number of fused-ring (bicyclic) bond motifs is 1. The van der Waals surface area contributed by atoms with Crippen molar-refractivity contribution in [1.29, 1.82) is 0 Å². The smallest absolute Gasteiger partial charge is 0.331 e. The largest absolute Gasteiger partial charge is 0.348 e. The van der Waals surface area contributed by atoms with Crippen LogP contribution in [0.5, 0.6) is 0 Å². The third-order valence-corrected chi connectivity index (χ3v) is 6.37. The lowest BCUT2D eigenvalue weighted by atomic mass is 10.1. The molecule has 0 spiro atoms. The van der Waals surface area contributed by atoms with Crippen molar-refractivity contribution in [1.82, 2.24) is 19.4 Å². The van der Waals surface area contributed by atoms with Crippen LogP contribution >= 0.6 is 22.9 Å². The van der Waals surface area contributed by atoms with Gasteiger partial charge in [0.2, 0.25) is 5.91 Å². The molecule has 2 aromatic heterocycles. The highest BCUT2D eigenvalue weighted by Gasteiger charge is 2.15. The second-order valence-corrected chi connectivity index (χ2v) is 8.96. The Morgan fingerprint density at radius 1 is 1.09 bits per heavy atom. The Morgan fingerprint density at radius 2 is 1.81 bits per heavy atom. The monoisotopic (exact) mass is 468 g/mol. The molecule has 0 saturated carbocycles. The number of carbonyl (C=O) groups excluding carboxylic acids is 1. The van der Waals surface area contributed by atoms with Crippen LogP contribution in [-0.2, 0) is 24.4 Å². The van der Waals surface area contributed by atoms with E-state index in [1.54, 1.807) is 31.2 Å². The molecule has 4 aromatic rings. The second-order valence-electron chi connectivity index (χ2n) is 7.23. The van der Waals surface area contributed by atoms with E-state index < -0.39 is 5.69 Å². The lowest BCUT2D eigenvalue weighted by Crippen LogP contribution is -2.42. The van der Waals surface area contributed by atoms with Gasteiger partial charge < -0.3 is 5.32 Å². The third kappa shape index (κ3) is 4.24. The summed E-state index contributed by atoms with van der Waals surface area (Å²) >= 11 is 7.46. The number of benzene rings is 2. The number of aryl methyl sites for hydroxylation is 1. The van der Waals surface area contributed by atoms with Crippen molar-refractivity contribution in [3.8, 4) is 11.3 Å². The zero-order valence-corrected chi connectivity index (χ0v) is 19.2. The van der Waals surface area contributed by atoms with Gasteiger partial charge in [0.25, 0.3) is 5.56 Å². The molecule has 0 radical (unpaired) electrons. The van der Waals surface area contributed by atoms with Crippen molar-refractivity contribution in [2.75, 3.05) is 0 Å². The van der Waals surface area contributed by atoms with E-state index in [-0.39, 0.29) is 31.1 Å².